The Kier molecular flexibility index (Phi) is 5.37. The van der Waals surface area contributed by atoms with Gasteiger partial charge in [0.15, 0.2) is 0 Å². The summed E-state index contributed by atoms with van der Waals surface area (Å²) < 4.78 is 11.6. The molecule has 0 radical (unpaired) electrons. The normalized spacial score (nSPS) is 18.5. The first-order chi connectivity index (χ1) is 9.86. The summed E-state index contributed by atoms with van der Waals surface area (Å²) in [5.74, 6) is 1.01. The van der Waals surface area contributed by atoms with E-state index in [1.165, 1.54) is 11.1 Å². The fourth-order valence-electron chi connectivity index (χ4n) is 2.63. The highest BCUT2D eigenvalue weighted by molar-refractivity contribution is 9.09. The minimum absolute atomic E-state index is 0.182. The molecular weight excluding hydrogens is 328 g/mol. The van der Waals surface area contributed by atoms with Gasteiger partial charge < -0.3 is 9.47 Å². The second-order valence-corrected chi connectivity index (χ2v) is 7.83. The van der Waals surface area contributed by atoms with Crippen molar-refractivity contribution in [1.29, 1.82) is 0 Å². The van der Waals surface area contributed by atoms with Crippen LogP contribution < -0.4 is 4.74 Å². The monoisotopic (exact) mass is 354 g/mol. The van der Waals surface area contributed by atoms with Crippen molar-refractivity contribution in [2.24, 2.45) is 5.41 Å². The van der Waals surface area contributed by atoms with E-state index in [2.05, 4.69) is 61.8 Å². The molecule has 0 aromatic heterocycles. The first-order valence-electron chi connectivity index (χ1n) is 7.74. The topological polar surface area (TPSA) is 18.5 Å². The number of halogens is 1. The molecule has 0 aliphatic carbocycles. The van der Waals surface area contributed by atoms with Crippen molar-refractivity contribution >= 4 is 15.9 Å². The van der Waals surface area contributed by atoms with Crippen LogP contribution in [0.3, 0.4) is 0 Å². The molecule has 1 heterocycles. The Morgan fingerprint density at radius 1 is 1.24 bits per heavy atom. The van der Waals surface area contributed by atoms with E-state index in [4.69, 9.17) is 9.47 Å². The molecule has 21 heavy (non-hydrogen) atoms. The van der Waals surface area contributed by atoms with E-state index in [9.17, 15) is 0 Å². The number of ether oxygens (including phenoxy) is 2. The smallest absolute Gasteiger partial charge is 0.122 e. The lowest BCUT2D eigenvalue weighted by molar-refractivity contribution is 0.00343. The lowest BCUT2D eigenvalue weighted by Gasteiger charge is -2.35. The molecule has 1 aromatic rings. The van der Waals surface area contributed by atoms with Crippen molar-refractivity contribution in [1.82, 2.24) is 0 Å². The number of rotatable bonds is 4. The van der Waals surface area contributed by atoms with Crippen LogP contribution in [0.2, 0.25) is 0 Å². The molecule has 0 amide bonds. The Labute approximate surface area is 137 Å². The summed E-state index contributed by atoms with van der Waals surface area (Å²) in [6, 6.07) is 6.56. The molecule has 3 heteroatoms. The van der Waals surface area contributed by atoms with Crippen LogP contribution in [0.4, 0.5) is 0 Å². The molecule has 1 aliphatic heterocycles. The average Bonchev–Trinajstić information content (AvgIpc) is 2.46. The van der Waals surface area contributed by atoms with Gasteiger partial charge in [0, 0.05) is 24.0 Å². The van der Waals surface area contributed by atoms with Crippen LogP contribution in [0, 0.1) is 12.3 Å². The van der Waals surface area contributed by atoms with E-state index < -0.39 is 0 Å². The van der Waals surface area contributed by atoms with Gasteiger partial charge in [-0.05, 0) is 42.4 Å². The summed E-state index contributed by atoms with van der Waals surface area (Å²) >= 11 is 3.66. The van der Waals surface area contributed by atoms with E-state index >= 15 is 0 Å². The van der Waals surface area contributed by atoms with Crippen LogP contribution in [0.25, 0.3) is 0 Å². The first-order valence-corrected chi connectivity index (χ1v) is 8.86. The number of benzene rings is 1. The second-order valence-electron chi connectivity index (χ2n) is 7.26. The Balaban J connectivity index is 2.06. The molecule has 0 N–H and O–H groups in total. The van der Waals surface area contributed by atoms with E-state index in [0.29, 0.717) is 0 Å². The zero-order valence-electron chi connectivity index (χ0n) is 13.7. The van der Waals surface area contributed by atoms with E-state index in [0.717, 1.165) is 43.7 Å². The van der Waals surface area contributed by atoms with Gasteiger partial charge in [0.2, 0.25) is 0 Å². The summed E-state index contributed by atoms with van der Waals surface area (Å²) in [6.07, 6.45) is 2.13. The zero-order valence-corrected chi connectivity index (χ0v) is 15.3. The first kappa shape index (κ1) is 16.8. The van der Waals surface area contributed by atoms with Gasteiger partial charge in [0.05, 0.1) is 6.61 Å². The van der Waals surface area contributed by atoms with E-state index in [1.807, 2.05) is 0 Å². The summed E-state index contributed by atoms with van der Waals surface area (Å²) in [7, 11) is 0. The van der Waals surface area contributed by atoms with Crippen LogP contribution in [-0.4, -0.2) is 25.2 Å². The summed E-state index contributed by atoms with van der Waals surface area (Å²) in [5, 5.41) is 0.975. The quantitative estimate of drug-likeness (QED) is 0.718. The lowest BCUT2D eigenvalue weighted by atomic mass is 9.83. The van der Waals surface area contributed by atoms with Gasteiger partial charge in [-0.15, -0.1) is 0 Å². The van der Waals surface area contributed by atoms with Crippen molar-refractivity contribution < 1.29 is 9.47 Å². The van der Waals surface area contributed by atoms with Gasteiger partial charge in [0.1, 0.15) is 5.75 Å². The Bertz CT molecular complexity index is 471. The molecule has 0 saturated carbocycles. The number of aryl methyl sites for hydroxylation is 1. The predicted octanol–water partition coefficient (Wildman–Crippen LogP) is 4.86. The molecule has 0 bridgehead atoms. The minimum atomic E-state index is 0.182. The number of alkyl halides is 1. The van der Waals surface area contributed by atoms with Gasteiger partial charge in [-0.3, -0.25) is 0 Å². The van der Waals surface area contributed by atoms with Gasteiger partial charge in [0.25, 0.3) is 0 Å². The SMILES string of the molecule is Cc1cc(C(C)(C)C)ccc1OCC1(CBr)CCOCC1. The largest absolute Gasteiger partial charge is 0.493 e. The lowest BCUT2D eigenvalue weighted by Crippen LogP contribution is -2.36. The third-order valence-electron chi connectivity index (χ3n) is 4.41. The van der Waals surface area contributed by atoms with Crippen LogP contribution in [0.5, 0.6) is 5.75 Å². The zero-order chi connectivity index (χ0) is 15.5. The van der Waals surface area contributed by atoms with Crippen molar-refractivity contribution in [3.05, 3.63) is 29.3 Å². The van der Waals surface area contributed by atoms with Gasteiger partial charge in [-0.2, -0.15) is 0 Å². The van der Waals surface area contributed by atoms with Gasteiger partial charge in [-0.1, -0.05) is 48.8 Å². The highest BCUT2D eigenvalue weighted by atomic mass is 79.9. The summed E-state index contributed by atoms with van der Waals surface area (Å²) in [6.45, 7) is 11.3. The number of hydrogen-bond acceptors (Lipinski definition) is 2. The molecule has 2 nitrogen and oxygen atoms in total. The van der Waals surface area contributed by atoms with Crippen molar-refractivity contribution in [2.45, 2.75) is 46.0 Å². The standard InChI is InChI=1S/C18H27BrO2/c1-14-11-15(17(2,3)4)5-6-16(14)21-13-18(12-19)7-9-20-10-8-18/h5-6,11H,7-10,12-13H2,1-4H3. The fraction of sp³-hybridized carbons (Fsp3) is 0.667. The van der Waals surface area contributed by atoms with Crippen molar-refractivity contribution in [3.63, 3.8) is 0 Å². The molecule has 1 saturated heterocycles. The number of hydrogen-bond donors (Lipinski definition) is 0. The van der Waals surface area contributed by atoms with Crippen molar-refractivity contribution in [3.8, 4) is 5.75 Å². The Morgan fingerprint density at radius 2 is 1.90 bits per heavy atom. The van der Waals surface area contributed by atoms with E-state index in [-0.39, 0.29) is 10.8 Å². The molecule has 1 aliphatic rings. The van der Waals surface area contributed by atoms with Crippen LogP contribution in [0.15, 0.2) is 18.2 Å². The van der Waals surface area contributed by atoms with Crippen LogP contribution >= 0.6 is 15.9 Å². The fourth-order valence-corrected chi connectivity index (χ4v) is 3.35. The highest BCUT2D eigenvalue weighted by Gasteiger charge is 2.32. The van der Waals surface area contributed by atoms with Gasteiger partial charge in [-0.25, -0.2) is 0 Å². The summed E-state index contributed by atoms with van der Waals surface area (Å²) in [4.78, 5) is 0. The van der Waals surface area contributed by atoms with E-state index in [1.54, 1.807) is 0 Å². The van der Waals surface area contributed by atoms with Crippen LogP contribution in [0.1, 0.15) is 44.7 Å². The maximum Gasteiger partial charge on any atom is 0.122 e. The molecule has 2 rings (SSSR count). The average molecular weight is 355 g/mol. The van der Waals surface area contributed by atoms with Crippen molar-refractivity contribution in [2.75, 3.05) is 25.2 Å². The Morgan fingerprint density at radius 3 is 2.43 bits per heavy atom. The molecule has 1 fully saturated rings. The summed E-state index contributed by atoms with van der Waals surface area (Å²) in [5.41, 5.74) is 2.97. The molecule has 0 atom stereocenters. The molecule has 0 unspecified atom stereocenters. The van der Waals surface area contributed by atoms with Gasteiger partial charge >= 0.3 is 0 Å². The molecule has 0 spiro atoms. The second kappa shape index (κ2) is 6.70. The Hall–Kier alpha value is -0.540. The minimum Gasteiger partial charge on any atom is -0.493 e. The molecular formula is C18H27BrO2. The molecule has 1 aromatic carbocycles. The maximum atomic E-state index is 6.15. The highest BCUT2D eigenvalue weighted by Crippen LogP contribution is 2.34. The predicted molar refractivity (Wildman–Crippen MR) is 91.7 cm³/mol. The maximum absolute atomic E-state index is 6.15. The third-order valence-corrected chi connectivity index (χ3v) is 5.60. The third kappa shape index (κ3) is 4.23. The molecule has 118 valence electrons. The van der Waals surface area contributed by atoms with Crippen LogP contribution in [-0.2, 0) is 10.2 Å².